The lowest BCUT2D eigenvalue weighted by Crippen LogP contribution is -2.30. The number of rotatable bonds is 7. The van der Waals surface area contributed by atoms with Gasteiger partial charge in [0.2, 0.25) is 10.0 Å². The van der Waals surface area contributed by atoms with E-state index in [-0.39, 0.29) is 4.90 Å². The average molecular weight is 458 g/mol. The smallest absolute Gasteiger partial charge is 0.247 e. The molecule has 3 aromatic rings. The Kier molecular flexibility index (Phi) is 5.96. The largest absolute Gasteiger partial charge is 0.495 e. The van der Waals surface area contributed by atoms with Crippen LogP contribution in [0.3, 0.4) is 0 Å². The zero-order valence-corrected chi connectivity index (χ0v) is 17.4. The molecule has 132 valence electrons. The molecule has 3 rings (SSSR count). The van der Waals surface area contributed by atoms with E-state index in [4.69, 9.17) is 4.74 Å². The lowest BCUT2D eigenvalue weighted by atomic mass is 10.3. The second kappa shape index (κ2) is 8.01. The summed E-state index contributed by atoms with van der Waals surface area (Å²) in [7, 11) is -2.25. The van der Waals surface area contributed by atoms with Crippen LogP contribution in [0.1, 0.15) is 9.75 Å². The summed E-state index contributed by atoms with van der Waals surface area (Å²) in [5.41, 5.74) is 0. The molecule has 0 amide bonds. The van der Waals surface area contributed by atoms with Crippen molar-refractivity contribution in [3.05, 3.63) is 67.5 Å². The number of hydrogen-bond donors (Lipinski definition) is 0. The predicted octanol–water partition coefficient (Wildman–Crippen LogP) is 4.97. The summed E-state index contributed by atoms with van der Waals surface area (Å²) in [6, 6.07) is 12.8. The van der Waals surface area contributed by atoms with Crippen LogP contribution in [0.25, 0.3) is 0 Å². The van der Waals surface area contributed by atoms with E-state index in [0.29, 0.717) is 23.3 Å². The van der Waals surface area contributed by atoms with E-state index in [0.717, 1.165) is 9.75 Å². The van der Waals surface area contributed by atoms with Gasteiger partial charge in [-0.1, -0.05) is 28.1 Å². The van der Waals surface area contributed by atoms with Gasteiger partial charge in [0.15, 0.2) is 0 Å². The fourth-order valence-corrected chi connectivity index (χ4v) is 6.06. The second-order valence-corrected chi connectivity index (χ2v) is 10.1. The first-order valence-electron chi connectivity index (χ1n) is 7.39. The van der Waals surface area contributed by atoms with Gasteiger partial charge in [0.1, 0.15) is 10.6 Å². The quantitative estimate of drug-likeness (QED) is 0.502. The molecule has 25 heavy (non-hydrogen) atoms. The molecule has 0 saturated heterocycles. The van der Waals surface area contributed by atoms with Gasteiger partial charge in [0.05, 0.1) is 7.11 Å². The van der Waals surface area contributed by atoms with Gasteiger partial charge in [0, 0.05) is 27.3 Å². The summed E-state index contributed by atoms with van der Waals surface area (Å²) in [6.07, 6.45) is 0. The van der Waals surface area contributed by atoms with Crippen LogP contribution >= 0.6 is 38.6 Å². The van der Waals surface area contributed by atoms with E-state index < -0.39 is 10.0 Å². The summed E-state index contributed by atoms with van der Waals surface area (Å²) in [6.45, 7) is 0.654. The molecule has 2 aromatic heterocycles. The molecule has 0 unspecified atom stereocenters. The van der Waals surface area contributed by atoms with E-state index in [2.05, 4.69) is 15.9 Å². The molecule has 0 aliphatic carbocycles. The molecular weight excluding hydrogens is 442 g/mol. The Morgan fingerprint density at radius 1 is 1.04 bits per heavy atom. The lowest BCUT2D eigenvalue weighted by Gasteiger charge is -2.22. The number of hydrogen-bond acceptors (Lipinski definition) is 5. The molecule has 0 bridgehead atoms. The summed E-state index contributed by atoms with van der Waals surface area (Å²) < 4.78 is 34.2. The van der Waals surface area contributed by atoms with Crippen molar-refractivity contribution in [2.75, 3.05) is 7.11 Å². The topological polar surface area (TPSA) is 46.6 Å². The molecule has 4 nitrogen and oxygen atoms in total. The van der Waals surface area contributed by atoms with Crippen molar-refractivity contribution in [2.45, 2.75) is 18.0 Å². The van der Waals surface area contributed by atoms with Gasteiger partial charge in [-0.05, 0) is 41.1 Å². The molecule has 1 aromatic carbocycles. The van der Waals surface area contributed by atoms with Crippen LogP contribution in [-0.2, 0) is 23.1 Å². The summed E-state index contributed by atoms with van der Waals surface area (Å²) >= 11 is 6.44. The molecule has 2 heterocycles. The highest BCUT2D eigenvalue weighted by molar-refractivity contribution is 9.10. The van der Waals surface area contributed by atoms with Crippen LogP contribution in [0.2, 0.25) is 0 Å². The zero-order chi connectivity index (χ0) is 17.9. The number of nitrogens with zero attached hydrogens (tertiary/aromatic N) is 1. The summed E-state index contributed by atoms with van der Waals surface area (Å²) in [4.78, 5) is 2.15. The van der Waals surface area contributed by atoms with Crippen LogP contribution in [0.4, 0.5) is 0 Å². The molecule has 0 N–H and O–H groups in total. The van der Waals surface area contributed by atoms with E-state index >= 15 is 0 Å². The lowest BCUT2D eigenvalue weighted by molar-refractivity contribution is 0.385. The summed E-state index contributed by atoms with van der Waals surface area (Å²) in [5.74, 6) is 0.338. The molecule has 0 spiro atoms. The number of thiophene rings is 2. The van der Waals surface area contributed by atoms with Crippen LogP contribution in [-0.4, -0.2) is 19.8 Å². The Morgan fingerprint density at radius 3 is 2.12 bits per heavy atom. The molecular formula is C17H16BrNO3S3. The first-order valence-corrected chi connectivity index (χ1v) is 11.4. The van der Waals surface area contributed by atoms with Gasteiger partial charge in [-0.25, -0.2) is 8.42 Å². The van der Waals surface area contributed by atoms with Crippen LogP contribution in [0.15, 0.2) is 62.6 Å². The van der Waals surface area contributed by atoms with Crippen LogP contribution in [0, 0.1) is 0 Å². The van der Waals surface area contributed by atoms with Crippen molar-refractivity contribution < 1.29 is 13.2 Å². The molecule has 0 radical (unpaired) electrons. The number of halogens is 1. The van der Waals surface area contributed by atoms with Crippen molar-refractivity contribution in [1.29, 1.82) is 0 Å². The molecule has 0 aliphatic heterocycles. The number of benzene rings is 1. The van der Waals surface area contributed by atoms with E-state index in [9.17, 15) is 8.42 Å². The van der Waals surface area contributed by atoms with Crippen LogP contribution in [0.5, 0.6) is 5.75 Å². The van der Waals surface area contributed by atoms with Gasteiger partial charge in [0.25, 0.3) is 0 Å². The monoisotopic (exact) mass is 457 g/mol. The predicted molar refractivity (Wildman–Crippen MR) is 106 cm³/mol. The average Bonchev–Trinajstić information content (AvgIpc) is 3.28. The number of ether oxygens (including phenoxy) is 1. The second-order valence-electron chi connectivity index (χ2n) is 5.23. The highest BCUT2D eigenvalue weighted by Crippen LogP contribution is 2.32. The first-order chi connectivity index (χ1) is 12.0. The Morgan fingerprint density at radius 2 is 1.64 bits per heavy atom. The fraction of sp³-hybridized carbons (Fsp3) is 0.176. The molecule has 0 fully saturated rings. The Labute approximate surface area is 163 Å². The maximum absolute atomic E-state index is 13.4. The van der Waals surface area contributed by atoms with Gasteiger partial charge in [-0.3, -0.25) is 0 Å². The molecule has 0 saturated carbocycles. The van der Waals surface area contributed by atoms with Crippen molar-refractivity contribution in [3.63, 3.8) is 0 Å². The van der Waals surface area contributed by atoms with Crippen molar-refractivity contribution >= 4 is 48.6 Å². The van der Waals surface area contributed by atoms with E-state index in [1.165, 1.54) is 11.4 Å². The maximum atomic E-state index is 13.4. The maximum Gasteiger partial charge on any atom is 0.247 e. The van der Waals surface area contributed by atoms with E-state index in [1.54, 1.807) is 40.9 Å². The molecule has 8 heteroatoms. The van der Waals surface area contributed by atoms with Crippen molar-refractivity contribution in [2.24, 2.45) is 0 Å². The van der Waals surface area contributed by atoms with Crippen molar-refractivity contribution in [1.82, 2.24) is 4.31 Å². The third-order valence-electron chi connectivity index (χ3n) is 3.57. The van der Waals surface area contributed by atoms with Gasteiger partial charge in [-0.2, -0.15) is 4.31 Å². The summed E-state index contributed by atoms with van der Waals surface area (Å²) in [5, 5.41) is 3.90. The Bertz CT molecular complexity index is 886. The minimum absolute atomic E-state index is 0.164. The van der Waals surface area contributed by atoms with Gasteiger partial charge in [-0.15, -0.1) is 22.7 Å². The highest BCUT2D eigenvalue weighted by atomic mass is 79.9. The third kappa shape index (κ3) is 4.32. The third-order valence-corrected chi connectivity index (χ3v) is 7.60. The Hall–Kier alpha value is -1.19. The van der Waals surface area contributed by atoms with Gasteiger partial charge >= 0.3 is 0 Å². The van der Waals surface area contributed by atoms with Gasteiger partial charge < -0.3 is 4.74 Å². The molecule has 0 aliphatic rings. The standard InChI is InChI=1S/C17H16BrNO3S3/c1-22-16-7-6-13(18)10-17(16)25(20,21)19(11-14-4-2-8-23-14)12-15-5-3-9-24-15/h2-10H,11-12H2,1H3. The SMILES string of the molecule is COc1ccc(Br)cc1S(=O)(=O)N(Cc1cccs1)Cc1cccs1. The van der Waals surface area contributed by atoms with Crippen molar-refractivity contribution in [3.8, 4) is 5.75 Å². The molecule has 0 atom stereocenters. The van der Waals surface area contributed by atoms with Crippen LogP contribution < -0.4 is 4.74 Å². The minimum atomic E-state index is -3.73. The number of sulfonamides is 1. The fourth-order valence-electron chi connectivity index (χ4n) is 2.37. The first kappa shape index (κ1) is 18.6. The normalized spacial score (nSPS) is 11.8. The highest BCUT2D eigenvalue weighted by Gasteiger charge is 2.29. The van der Waals surface area contributed by atoms with E-state index in [1.807, 2.05) is 35.0 Å². The minimum Gasteiger partial charge on any atom is -0.495 e. The zero-order valence-electron chi connectivity index (χ0n) is 13.4. The Balaban J connectivity index is 2.02. The number of methoxy groups -OCH3 is 1.